The van der Waals surface area contributed by atoms with Gasteiger partial charge < -0.3 is 0 Å². The number of aryl methyl sites for hydroxylation is 1. The van der Waals surface area contributed by atoms with E-state index < -0.39 is 0 Å². The third kappa shape index (κ3) is 2.29. The lowest BCUT2D eigenvalue weighted by atomic mass is 9.79. The minimum atomic E-state index is 0.976. The van der Waals surface area contributed by atoms with Crippen molar-refractivity contribution in [2.45, 2.75) is 44.9 Å². The molecule has 0 spiro atoms. The van der Waals surface area contributed by atoms with Gasteiger partial charge in [0.1, 0.15) is 0 Å². The quantitative estimate of drug-likeness (QED) is 0.576. The van der Waals surface area contributed by atoms with Crippen LogP contribution >= 0.6 is 0 Å². The van der Waals surface area contributed by atoms with Crippen molar-refractivity contribution in [3.63, 3.8) is 0 Å². The maximum atomic E-state index is 5.22. The molecule has 0 atom stereocenters. The SMILES string of the molecule is C=C1C=C(c2nc3ccc4[nH]ncc4c3c3c2CCCC3)CC2=C1CCC=C2. The number of pyridine rings is 1. The van der Waals surface area contributed by atoms with Gasteiger partial charge in [-0.1, -0.05) is 18.7 Å². The second-order valence-electron chi connectivity index (χ2n) is 8.23. The van der Waals surface area contributed by atoms with Gasteiger partial charge in [-0.25, -0.2) is 4.98 Å². The van der Waals surface area contributed by atoms with E-state index >= 15 is 0 Å². The number of rotatable bonds is 1. The van der Waals surface area contributed by atoms with Crippen LogP contribution in [-0.4, -0.2) is 15.2 Å². The van der Waals surface area contributed by atoms with Gasteiger partial charge in [-0.05, 0) is 96.6 Å². The standard InChI is InChI=1S/C25H23N3/c1-15-12-17(13-16-6-2-3-7-18(15)16)25-20-9-5-4-8-19(20)24-21-14-26-28-22(21)10-11-23(24)27-25/h2,6,10-12,14H,1,3-5,7-9,13H2,(H,26,28). The van der Waals surface area contributed by atoms with Crippen molar-refractivity contribution < 1.29 is 0 Å². The third-order valence-corrected chi connectivity index (χ3v) is 6.58. The zero-order chi connectivity index (χ0) is 18.7. The molecule has 3 aromatic rings. The average Bonchev–Trinajstić information content (AvgIpc) is 3.22. The summed E-state index contributed by atoms with van der Waals surface area (Å²) in [6.07, 6.45) is 16.8. The topological polar surface area (TPSA) is 41.6 Å². The molecular formula is C25H23N3. The number of hydrogen-bond donors (Lipinski definition) is 1. The summed E-state index contributed by atoms with van der Waals surface area (Å²) in [6, 6.07) is 4.26. The minimum Gasteiger partial charge on any atom is -0.278 e. The highest BCUT2D eigenvalue weighted by molar-refractivity contribution is 6.07. The highest BCUT2D eigenvalue weighted by Gasteiger charge is 2.25. The molecule has 3 nitrogen and oxygen atoms in total. The molecule has 0 unspecified atom stereocenters. The van der Waals surface area contributed by atoms with Crippen molar-refractivity contribution in [2.75, 3.05) is 0 Å². The van der Waals surface area contributed by atoms with E-state index in [1.54, 1.807) is 0 Å². The highest BCUT2D eigenvalue weighted by Crippen LogP contribution is 2.42. The largest absolute Gasteiger partial charge is 0.278 e. The van der Waals surface area contributed by atoms with E-state index in [-0.39, 0.29) is 0 Å². The number of aromatic nitrogens is 3. The lowest BCUT2D eigenvalue weighted by molar-refractivity contribution is 0.685. The van der Waals surface area contributed by atoms with Crippen molar-refractivity contribution in [3.8, 4) is 0 Å². The Kier molecular flexibility index (Phi) is 3.46. The lowest BCUT2D eigenvalue weighted by Gasteiger charge is -2.27. The summed E-state index contributed by atoms with van der Waals surface area (Å²) in [4.78, 5) is 5.22. The summed E-state index contributed by atoms with van der Waals surface area (Å²) in [5, 5.41) is 9.91. The summed E-state index contributed by atoms with van der Waals surface area (Å²) < 4.78 is 0. The summed E-state index contributed by atoms with van der Waals surface area (Å²) in [7, 11) is 0. The van der Waals surface area contributed by atoms with E-state index in [1.165, 1.54) is 62.7 Å². The van der Waals surface area contributed by atoms with Crippen molar-refractivity contribution in [1.29, 1.82) is 0 Å². The van der Waals surface area contributed by atoms with E-state index in [9.17, 15) is 0 Å². The zero-order valence-corrected chi connectivity index (χ0v) is 16.0. The Balaban J connectivity index is 1.59. The molecular weight excluding hydrogens is 342 g/mol. The van der Waals surface area contributed by atoms with Gasteiger partial charge in [0.05, 0.1) is 22.9 Å². The maximum absolute atomic E-state index is 5.22. The lowest BCUT2D eigenvalue weighted by Crippen LogP contribution is -2.12. The van der Waals surface area contributed by atoms with Gasteiger partial charge in [0.25, 0.3) is 0 Å². The van der Waals surface area contributed by atoms with Crippen LogP contribution in [0.1, 0.15) is 48.9 Å². The number of hydrogen-bond acceptors (Lipinski definition) is 2. The maximum Gasteiger partial charge on any atom is 0.0720 e. The van der Waals surface area contributed by atoms with Crippen LogP contribution in [-0.2, 0) is 12.8 Å². The normalized spacial score (nSPS) is 19.1. The molecule has 0 fully saturated rings. The number of H-pyrrole nitrogens is 1. The molecule has 2 aromatic heterocycles. The van der Waals surface area contributed by atoms with Gasteiger partial charge >= 0.3 is 0 Å². The predicted molar refractivity (Wildman–Crippen MR) is 115 cm³/mol. The molecule has 6 rings (SSSR count). The molecule has 0 bridgehead atoms. The molecule has 3 aliphatic rings. The Labute approximate surface area is 164 Å². The summed E-state index contributed by atoms with van der Waals surface area (Å²) in [5.74, 6) is 0. The Morgan fingerprint density at radius 2 is 1.93 bits per heavy atom. The number of nitrogens with zero attached hydrogens (tertiary/aromatic N) is 2. The fourth-order valence-electron chi connectivity index (χ4n) is 5.26. The smallest absolute Gasteiger partial charge is 0.0720 e. The Morgan fingerprint density at radius 3 is 2.86 bits per heavy atom. The second kappa shape index (κ2) is 6.03. The van der Waals surface area contributed by atoms with Gasteiger partial charge in [-0.3, -0.25) is 5.10 Å². The summed E-state index contributed by atoms with van der Waals surface area (Å²) in [6.45, 7) is 4.37. The first-order valence-corrected chi connectivity index (χ1v) is 10.4. The van der Waals surface area contributed by atoms with Gasteiger partial charge in [0.2, 0.25) is 0 Å². The Hall–Kier alpha value is -2.94. The summed E-state index contributed by atoms with van der Waals surface area (Å²) >= 11 is 0. The van der Waals surface area contributed by atoms with Crippen LogP contribution < -0.4 is 0 Å². The van der Waals surface area contributed by atoms with Crippen LogP contribution in [0.5, 0.6) is 0 Å². The van der Waals surface area contributed by atoms with E-state index in [2.05, 4.69) is 47.1 Å². The van der Waals surface area contributed by atoms with Crippen LogP contribution in [0.25, 0.3) is 27.4 Å². The van der Waals surface area contributed by atoms with Crippen LogP contribution in [0.15, 0.2) is 59.9 Å². The van der Waals surface area contributed by atoms with E-state index in [0.717, 1.165) is 43.1 Å². The molecule has 1 N–H and O–H groups in total. The molecule has 0 aliphatic heterocycles. The van der Waals surface area contributed by atoms with Crippen molar-refractivity contribution in [2.24, 2.45) is 0 Å². The first-order chi connectivity index (χ1) is 13.8. The number of fused-ring (bicyclic) bond motifs is 5. The molecule has 0 saturated carbocycles. The van der Waals surface area contributed by atoms with Crippen LogP contribution in [0.3, 0.4) is 0 Å². The molecule has 2 heterocycles. The second-order valence-corrected chi connectivity index (χ2v) is 8.23. The Morgan fingerprint density at radius 1 is 1.04 bits per heavy atom. The van der Waals surface area contributed by atoms with Gasteiger partial charge in [-0.15, -0.1) is 0 Å². The zero-order valence-electron chi connectivity index (χ0n) is 16.0. The molecule has 1 aromatic carbocycles. The van der Waals surface area contributed by atoms with E-state index in [0.29, 0.717) is 0 Å². The Bertz CT molecular complexity index is 1250. The highest BCUT2D eigenvalue weighted by atomic mass is 15.1. The number of aromatic amines is 1. The molecule has 3 heteroatoms. The molecule has 0 saturated heterocycles. The number of allylic oxidation sites excluding steroid dienone is 7. The van der Waals surface area contributed by atoms with Crippen LogP contribution in [0.2, 0.25) is 0 Å². The van der Waals surface area contributed by atoms with Gasteiger partial charge in [-0.2, -0.15) is 5.10 Å². The summed E-state index contributed by atoms with van der Waals surface area (Å²) in [5.41, 5.74) is 11.7. The third-order valence-electron chi connectivity index (χ3n) is 6.58. The molecule has 138 valence electrons. The predicted octanol–water partition coefficient (Wildman–Crippen LogP) is 5.98. The van der Waals surface area contributed by atoms with Crippen LogP contribution in [0, 0.1) is 0 Å². The monoisotopic (exact) mass is 365 g/mol. The van der Waals surface area contributed by atoms with Crippen LogP contribution in [0.4, 0.5) is 0 Å². The number of benzene rings is 1. The molecule has 0 radical (unpaired) electrons. The van der Waals surface area contributed by atoms with Gasteiger partial charge in [0.15, 0.2) is 0 Å². The van der Waals surface area contributed by atoms with E-state index in [4.69, 9.17) is 4.98 Å². The first kappa shape index (κ1) is 16.1. The van der Waals surface area contributed by atoms with Crippen molar-refractivity contribution >= 4 is 27.4 Å². The van der Waals surface area contributed by atoms with E-state index in [1.807, 2.05) is 6.20 Å². The average molecular weight is 365 g/mol. The minimum absolute atomic E-state index is 0.976. The van der Waals surface area contributed by atoms with Crippen molar-refractivity contribution in [3.05, 3.63) is 76.7 Å². The fourth-order valence-corrected chi connectivity index (χ4v) is 5.26. The van der Waals surface area contributed by atoms with Crippen molar-refractivity contribution in [1.82, 2.24) is 15.2 Å². The fraction of sp³-hybridized carbons (Fsp3) is 0.280. The number of nitrogens with one attached hydrogen (secondary N) is 1. The first-order valence-electron chi connectivity index (χ1n) is 10.4. The van der Waals surface area contributed by atoms with Gasteiger partial charge in [0, 0.05) is 10.8 Å². The molecule has 28 heavy (non-hydrogen) atoms. The molecule has 3 aliphatic carbocycles. The molecule has 0 amide bonds.